The highest BCUT2D eigenvalue weighted by Crippen LogP contribution is 2.21. The van der Waals surface area contributed by atoms with Crippen molar-refractivity contribution in [2.24, 2.45) is 22.6 Å². The molecule has 0 saturated carbocycles. The van der Waals surface area contributed by atoms with E-state index in [2.05, 4.69) is 6.92 Å². The van der Waals surface area contributed by atoms with Gasteiger partial charge >= 0.3 is 0 Å². The first kappa shape index (κ1) is 14.9. The lowest BCUT2D eigenvalue weighted by Crippen LogP contribution is -2.44. The molecule has 0 heterocycles. The van der Waals surface area contributed by atoms with Crippen molar-refractivity contribution in [2.75, 3.05) is 19.6 Å². The minimum Gasteiger partial charge on any atom is -0.330 e. The van der Waals surface area contributed by atoms with Crippen LogP contribution in [0.5, 0.6) is 0 Å². The molecule has 0 aromatic carbocycles. The van der Waals surface area contributed by atoms with Crippen LogP contribution in [0.2, 0.25) is 0 Å². The van der Waals surface area contributed by atoms with Crippen LogP contribution in [-0.2, 0) is 0 Å². The Bertz CT molecular complexity index is 125. The standard InChI is InChI=1S/C12H29N3/c1-2-3-4-5-6-7-8-12(9-13,10-14)11-15/h2-11,13-15H2,1H3. The Balaban J connectivity index is 3.54. The van der Waals surface area contributed by atoms with E-state index in [0.717, 1.165) is 6.42 Å². The number of nitrogens with two attached hydrogens (primary N) is 3. The summed E-state index contributed by atoms with van der Waals surface area (Å²) in [5.41, 5.74) is 17.2. The topological polar surface area (TPSA) is 78.1 Å². The molecule has 0 spiro atoms. The molecule has 0 radical (unpaired) electrons. The monoisotopic (exact) mass is 215 g/mol. The summed E-state index contributed by atoms with van der Waals surface area (Å²) >= 11 is 0. The van der Waals surface area contributed by atoms with Crippen LogP contribution in [0.4, 0.5) is 0 Å². The van der Waals surface area contributed by atoms with Crippen LogP contribution in [-0.4, -0.2) is 19.6 Å². The number of hydrogen-bond donors (Lipinski definition) is 3. The lowest BCUT2D eigenvalue weighted by molar-refractivity contribution is 0.282. The van der Waals surface area contributed by atoms with Crippen LogP contribution in [0, 0.1) is 5.41 Å². The lowest BCUT2D eigenvalue weighted by Gasteiger charge is -2.29. The Morgan fingerprint density at radius 3 is 1.67 bits per heavy atom. The molecule has 0 bridgehead atoms. The molecule has 0 unspecified atom stereocenters. The molecule has 0 amide bonds. The zero-order valence-corrected chi connectivity index (χ0v) is 10.3. The molecule has 0 aliphatic carbocycles. The van der Waals surface area contributed by atoms with Crippen molar-refractivity contribution in [3.8, 4) is 0 Å². The highest BCUT2D eigenvalue weighted by Gasteiger charge is 2.24. The summed E-state index contributed by atoms with van der Waals surface area (Å²) in [6, 6.07) is 0. The third kappa shape index (κ3) is 6.13. The molecule has 3 heteroatoms. The van der Waals surface area contributed by atoms with E-state index in [9.17, 15) is 0 Å². The van der Waals surface area contributed by atoms with Gasteiger partial charge in [-0.1, -0.05) is 45.4 Å². The predicted octanol–water partition coefficient (Wildman–Crippen LogP) is 1.60. The molecular formula is C12H29N3. The smallest absolute Gasteiger partial charge is 0.00705 e. The second kappa shape index (κ2) is 9.13. The molecule has 92 valence electrons. The average Bonchev–Trinajstić information content (AvgIpc) is 2.29. The maximum absolute atomic E-state index is 5.73. The maximum Gasteiger partial charge on any atom is 0.00705 e. The number of hydrogen-bond acceptors (Lipinski definition) is 3. The van der Waals surface area contributed by atoms with E-state index < -0.39 is 0 Å². The van der Waals surface area contributed by atoms with E-state index in [1.807, 2.05) is 0 Å². The molecule has 15 heavy (non-hydrogen) atoms. The van der Waals surface area contributed by atoms with E-state index in [-0.39, 0.29) is 5.41 Å². The van der Waals surface area contributed by atoms with Crippen molar-refractivity contribution < 1.29 is 0 Å². The van der Waals surface area contributed by atoms with Gasteiger partial charge in [-0.3, -0.25) is 0 Å². The zero-order chi connectivity index (χ0) is 11.6. The number of unbranched alkanes of at least 4 members (excludes halogenated alkanes) is 5. The Kier molecular flexibility index (Phi) is 9.06. The van der Waals surface area contributed by atoms with Gasteiger partial charge in [0.05, 0.1) is 0 Å². The van der Waals surface area contributed by atoms with Crippen molar-refractivity contribution in [3.05, 3.63) is 0 Å². The van der Waals surface area contributed by atoms with Crippen molar-refractivity contribution in [2.45, 2.75) is 51.9 Å². The van der Waals surface area contributed by atoms with Gasteiger partial charge in [0, 0.05) is 25.0 Å². The van der Waals surface area contributed by atoms with Crippen LogP contribution >= 0.6 is 0 Å². The fourth-order valence-electron chi connectivity index (χ4n) is 1.84. The second-order valence-electron chi connectivity index (χ2n) is 4.63. The molecule has 0 aliphatic rings. The van der Waals surface area contributed by atoms with Gasteiger partial charge in [0.15, 0.2) is 0 Å². The van der Waals surface area contributed by atoms with E-state index in [1.54, 1.807) is 0 Å². The van der Waals surface area contributed by atoms with Crippen LogP contribution in [0.3, 0.4) is 0 Å². The largest absolute Gasteiger partial charge is 0.330 e. The highest BCUT2D eigenvalue weighted by molar-refractivity contribution is 4.82. The second-order valence-corrected chi connectivity index (χ2v) is 4.63. The molecule has 0 fully saturated rings. The van der Waals surface area contributed by atoms with Crippen LogP contribution in [0.25, 0.3) is 0 Å². The normalized spacial score (nSPS) is 12.0. The molecule has 6 N–H and O–H groups in total. The van der Waals surface area contributed by atoms with E-state index in [4.69, 9.17) is 17.2 Å². The van der Waals surface area contributed by atoms with Crippen molar-refractivity contribution in [1.29, 1.82) is 0 Å². The Morgan fingerprint density at radius 2 is 1.20 bits per heavy atom. The fraction of sp³-hybridized carbons (Fsp3) is 1.00. The summed E-state index contributed by atoms with van der Waals surface area (Å²) in [5.74, 6) is 0. The molecule has 0 aliphatic heterocycles. The highest BCUT2D eigenvalue weighted by atomic mass is 14.7. The molecule has 0 atom stereocenters. The zero-order valence-electron chi connectivity index (χ0n) is 10.3. The molecule has 0 aromatic rings. The Morgan fingerprint density at radius 1 is 0.733 bits per heavy atom. The Hall–Kier alpha value is -0.120. The van der Waals surface area contributed by atoms with Crippen LogP contribution < -0.4 is 17.2 Å². The summed E-state index contributed by atoms with van der Waals surface area (Å²) in [6.45, 7) is 4.10. The van der Waals surface area contributed by atoms with Crippen molar-refractivity contribution >= 4 is 0 Å². The summed E-state index contributed by atoms with van der Waals surface area (Å²) in [7, 11) is 0. The van der Waals surface area contributed by atoms with Gasteiger partial charge < -0.3 is 17.2 Å². The molecular weight excluding hydrogens is 186 g/mol. The van der Waals surface area contributed by atoms with Crippen molar-refractivity contribution in [3.63, 3.8) is 0 Å². The Labute approximate surface area is 94.8 Å². The van der Waals surface area contributed by atoms with Gasteiger partial charge in [-0.2, -0.15) is 0 Å². The predicted molar refractivity (Wildman–Crippen MR) is 67.6 cm³/mol. The van der Waals surface area contributed by atoms with Gasteiger partial charge in [0.1, 0.15) is 0 Å². The summed E-state index contributed by atoms with van der Waals surface area (Å²) in [4.78, 5) is 0. The minimum atomic E-state index is 0.00472. The summed E-state index contributed by atoms with van der Waals surface area (Å²) < 4.78 is 0. The van der Waals surface area contributed by atoms with Gasteiger partial charge in [0.2, 0.25) is 0 Å². The van der Waals surface area contributed by atoms with Crippen molar-refractivity contribution in [1.82, 2.24) is 0 Å². The molecule has 0 aromatic heterocycles. The summed E-state index contributed by atoms with van der Waals surface area (Å²) in [5, 5.41) is 0. The first-order valence-electron chi connectivity index (χ1n) is 6.35. The van der Waals surface area contributed by atoms with E-state index in [1.165, 1.54) is 38.5 Å². The summed E-state index contributed by atoms with van der Waals surface area (Å²) in [6.07, 6.45) is 8.95. The average molecular weight is 215 g/mol. The van der Waals surface area contributed by atoms with Crippen LogP contribution in [0.1, 0.15) is 51.9 Å². The molecule has 0 rings (SSSR count). The first-order chi connectivity index (χ1) is 7.24. The van der Waals surface area contributed by atoms with E-state index in [0.29, 0.717) is 19.6 Å². The van der Waals surface area contributed by atoms with Gasteiger partial charge in [-0.15, -0.1) is 0 Å². The quantitative estimate of drug-likeness (QED) is 0.484. The third-order valence-corrected chi connectivity index (χ3v) is 3.36. The minimum absolute atomic E-state index is 0.00472. The van der Waals surface area contributed by atoms with Gasteiger partial charge in [-0.05, 0) is 6.42 Å². The molecule has 3 nitrogen and oxygen atoms in total. The maximum atomic E-state index is 5.73. The SMILES string of the molecule is CCCCCCCCC(CN)(CN)CN. The van der Waals surface area contributed by atoms with Crippen LogP contribution in [0.15, 0.2) is 0 Å². The van der Waals surface area contributed by atoms with Gasteiger partial charge in [0.25, 0.3) is 0 Å². The number of rotatable bonds is 10. The third-order valence-electron chi connectivity index (χ3n) is 3.36. The lowest BCUT2D eigenvalue weighted by atomic mass is 9.82. The van der Waals surface area contributed by atoms with Gasteiger partial charge in [-0.25, -0.2) is 0 Å². The first-order valence-corrected chi connectivity index (χ1v) is 6.35. The molecule has 0 saturated heterocycles. The van der Waals surface area contributed by atoms with E-state index >= 15 is 0 Å². The fourth-order valence-corrected chi connectivity index (χ4v) is 1.84.